The number of aromatic nitrogens is 2. The summed E-state index contributed by atoms with van der Waals surface area (Å²) in [6, 6.07) is 17.9. The van der Waals surface area contributed by atoms with Crippen LogP contribution in [-0.2, 0) is 13.0 Å². The summed E-state index contributed by atoms with van der Waals surface area (Å²) < 4.78 is 10.8. The van der Waals surface area contributed by atoms with Gasteiger partial charge in [-0.3, -0.25) is 4.90 Å². The van der Waals surface area contributed by atoms with E-state index in [-0.39, 0.29) is 12.0 Å². The summed E-state index contributed by atoms with van der Waals surface area (Å²) in [4.78, 5) is 6.86. The van der Waals surface area contributed by atoms with Crippen LogP contribution in [0.5, 0.6) is 5.75 Å². The highest BCUT2D eigenvalue weighted by molar-refractivity contribution is 5.53. The van der Waals surface area contributed by atoms with Crippen molar-refractivity contribution in [2.24, 2.45) is 5.41 Å². The third-order valence-electron chi connectivity index (χ3n) is 5.65. The van der Waals surface area contributed by atoms with Crippen molar-refractivity contribution in [3.05, 3.63) is 66.1 Å². The van der Waals surface area contributed by atoms with Crippen molar-refractivity contribution in [1.29, 1.82) is 0 Å². The Balaban J connectivity index is 1.45. The van der Waals surface area contributed by atoms with Crippen LogP contribution in [0, 0.1) is 5.41 Å². The number of aliphatic hydroxyl groups excluding tert-OH is 1. The Morgan fingerprint density at radius 3 is 2.83 bits per heavy atom. The van der Waals surface area contributed by atoms with E-state index in [9.17, 15) is 5.11 Å². The molecule has 0 amide bonds. The van der Waals surface area contributed by atoms with Gasteiger partial charge < -0.3 is 14.4 Å². The van der Waals surface area contributed by atoms with Crippen LogP contribution in [0.15, 0.2) is 59.1 Å². The fourth-order valence-electron chi connectivity index (χ4n) is 4.20. The summed E-state index contributed by atoms with van der Waals surface area (Å²) in [5, 5.41) is 14.4. The van der Waals surface area contributed by atoms with Gasteiger partial charge in [0.15, 0.2) is 0 Å². The smallest absolute Gasteiger partial charge is 0.241 e. The molecule has 1 fully saturated rings. The standard InChI is InChI=1S/C23H27N3O3/c1-28-20-10-5-7-18(13-20)14-23(17-27)11-6-12-26(16-23)15-21-24-22(25-29-21)19-8-3-2-4-9-19/h2-5,7-10,13,27H,6,11-12,14-17H2,1H3/t23-/m0/s1. The van der Waals surface area contributed by atoms with Crippen molar-refractivity contribution in [3.8, 4) is 17.1 Å². The summed E-state index contributed by atoms with van der Waals surface area (Å²) in [5.41, 5.74) is 1.96. The third-order valence-corrected chi connectivity index (χ3v) is 5.65. The van der Waals surface area contributed by atoms with Gasteiger partial charge in [-0.25, -0.2) is 0 Å². The molecule has 2 aromatic carbocycles. The van der Waals surface area contributed by atoms with Gasteiger partial charge in [0, 0.05) is 17.5 Å². The lowest BCUT2D eigenvalue weighted by Crippen LogP contribution is -2.46. The molecule has 1 N–H and O–H groups in total. The Kier molecular flexibility index (Phi) is 5.92. The third kappa shape index (κ3) is 4.66. The number of ether oxygens (including phenoxy) is 1. The molecule has 2 heterocycles. The summed E-state index contributed by atoms with van der Waals surface area (Å²) in [5.74, 6) is 2.07. The molecule has 1 aliphatic rings. The SMILES string of the molecule is COc1cccc(C[C@@]2(CO)CCCN(Cc3nc(-c4ccccc4)no3)C2)c1. The van der Waals surface area contributed by atoms with Gasteiger partial charge in [0.2, 0.25) is 11.7 Å². The Labute approximate surface area is 171 Å². The summed E-state index contributed by atoms with van der Waals surface area (Å²) >= 11 is 0. The molecule has 6 heteroatoms. The molecule has 0 saturated carbocycles. The van der Waals surface area contributed by atoms with Crippen molar-refractivity contribution in [3.63, 3.8) is 0 Å². The zero-order valence-electron chi connectivity index (χ0n) is 16.8. The summed E-state index contributed by atoms with van der Waals surface area (Å²) in [6.45, 7) is 2.51. The average molecular weight is 393 g/mol. The van der Waals surface area contributed by atoms with Crippen LogP contribution in [0.4, 0.5) is 0 Å². The van der Waals surface area contributed by atoms with Gasteiger partial charge in [0.05, 0.1) is 20.3 Å². The van der Waals surface area contributed by atoms with Gasteiger partial charge in [0.25, 0.3) is 0 Å². The fourth-order valence-corrected chi connectivity index (χ4v) is 4.20. The van der Waals surface area contributed by atoms with Crippen LogP contribution in [0.1, 0.15) is 24.3 Å². The number of hydrogen-bond acceptors (Lipinski definition) is 6. The molecule has 0 aliphatic carbocycles. The van der Waals surface area contributed by atoms with Crippen LogP contribution in [0.3, 0.4) is 0 Å². The molecular weight excluding hydrogens is 366 g/mol. The highest BCUT2D eigenvalue weighted by Gasteiger charge is 2.35. The fraction of sp³-hybridized carbons (Fsp3) is 0.391. The van der Waals surface area contributed by atoms with Gasteiger partial charge >= 0.3 is 0 Å². The number of hydrogen-bond donors (Lipinski definition) is 1. The number of benzene rings is 2. The number of nitrogens with zero attached hydrogens (tertiary/aromatic N) is 3. The minimum absolute atomic E-state index is 0.153. The topological polar surface area (TPSA) is 71.6 Å². The predicted octanol–water partition coefficient (Wildman–Crippen LogP) is 3.56. The molecule has 29 heavy (non-hydrogen) atoms. The molecule has 3 aromatic rings. The molecule has 1 saturated heterocycles. The minimum Gasteiger partial charge on any atom is -0.497 e. The first-order valence-corrected chi connectivity index (χ1v) is 10.0. The van der Waals surface area contributed by atoms with E-state index < -0.39 is 0 Å². The molecule has 0 bridgehead atoms. The van der Waals surface area contributed by atoms with E-state index in [2.05, 4.69) is 27.2 Å². The van der Waals surface area contributed by atoms with Crippen molar-refractivity contribution in [2.45, 2.75) is 25.8 Å². The van der Waals surface area contributed by atoms with Gasteiger partial charge in [-0.2, -0.15) is 4.98 Å². The number of aliphatic hydroxyl groups is 1. The number of rotatable bonds is 7. The lowest BCUT2D eigenvalue weighted by atomic mass is 9.75. The number of piperidine rings is 1. The highest BCUT2D eigenvalue weighted by atomic mass is 16.5. The van der Waals surface area contributed by atoms with E-state index in [0.29, 0.717) is 18.3 Å². The van der Waals surface area contributed by atoms with E-state index in [0.717, 1.165) is 43.7 Å². The summed E-state index contributed by atoms with van der Waals surface area (Å²) in [6.07, 6.45) is 2.84. The lowest BCUT2D eigenvalue weighted by Gasteiger charge is -2.41. The van der Waals surface area contributed by atoms with Crippen LogP contribution >= 0.6 is 0 Å². The Bertz CT molecular complexity index is 928. The zero-order valence-corrected chi connectivity index (χ0v) is 16.8. The Morgan fingerprint density at radius 1 is 1.17 bits per heavy atom. The summed E-state index contributed by atoms with van der Waals surface area (Å²) in [7, 11) is 1.68. The molecule has 4 rings (SSSR count). The van der Waals surface area contributed by atoms with Gasteiger partial charge in [-0.1, -0.05) is 47.6 Å². The molecule has 1 aliphatic heterocycles. The zero-order chi connectivity index (χ0) is 20.1. The number of likely N-dealkylation sites (tertiary alicyclic amines) is 1. The van der Waals surface area contributed by atoms with E-state index in [4.69, 9.17) is 9.26 Å². The highest BCUT2D eigenvalue weighted by Crippen LogP contribution is 2.34. The molecule has 0 spiro atoms. The van der Waals surface area contributed by atoms with E-state index in [1.54, 1.807) is 7.11 Å². The number of methoxy groups -OCH3 is 1. The van der Waals surface area contributed by atoms with E-state index in [1.165, 1.54) is 5.56 Å². The van der Waals surface area contributed by atoms with Crippen LogP contribution in [-0.4, -0.2) is 47.0 Å². The molecule has 0 radical (unpaired) electrons. The van der Waals surface area contributed by atoms with Crippen molar-refractivity contribution < 1.29 is 14.4 Å². The lowest BCUT2D eigenvalue weighted by molar-refractivity contribution is 0.0246. The molecular formula is C23H27N3O3. The normalized spacial score (nSPS) is 19.9. The van der Waals surface area contributed by atoms with Crippen LogP contribution in [0.2, 0.25) is 0 Å². The van der Waals surface area contributed by atoms with E-state index >= 15 is 0 Å². The molecule has 0 unspecified atom stereocenters. The van der Waals surface area contributed by atoms with Gasteiger partial charge in [0.1, 0.15) is 5.75 Å². The first kappa shape index (κ1) is 19.6. The second-order valence-corrected chi connectivity index (χ2v) is 7.88. The van der Waals surface area contributed by atoms with Crippen molar-refractivity contribution in [2.75, 3.05) is 26.8 Å². The maximum atomic E-state index is 10.3. The first-order chi connectivity index (χ1) is 14.2. The Hall–Kier alpha value is -2.70. The minimum atomic E-state index is -0.174. The second kappa shape index (κ2) is 8.76. The van der Waals surface area contributed by atoms with Gasteiger partial charge in [-0.05, 0) is 43.5 Å². The molecule has 1 aromatic heterocycles. The predicted molar refractivity (Wildman–Crippen MR) is 110 cm³/mol. The van der Waals surface area contributed by atoms with Crippen LogP contribution < -0.4 is 4.74 Å². The van der Waals surface area contributed by atoms with E-state index in [1.807, 2.05) is 42.5 Å². The average Bonchev–Trinajstić information content (AvgIpc) is 3.23. The largest absolute Gasteiger partial charge is 0.497 e. The maximum Gasteiger partial charge on any atom is 0.241 e. The van der Waals surface area contributed by atoms with Crippen molar-refractivity contribution in [1.82, 2.24) is 15.0 Å². The van der Waals surface area contributed by atoms with Crippen molar-refractivity contribution >= 4 is 0 Å². The molecule has 1 atom stereocenters. The molecule has 152 valence electrons. The quantitative estimate of drug-likeness (QED) is 0.662. The Morgan fingerprint density at radius 2 is 2.03 bits per heavy atom. The maximum absolute atomic E-state index is 10.3. The first-order valence-electron chi connectivity index (χ1n) is 10.0. The monoisotopic (exact) mass is 393 g/mol. The van der Waals surface area contributed by atoms with Gasteiger partial charge in [-0.15, -0.1) is 0 Å². The second-order valence-electron chi connectivity index (χ2n) is 7.88. The van der Waals surface area contributed by atoms with Crippen LogP contribution in [0.25, 0.3) is 11.4 Å². The molecule has 6 nitrogen and oxygen atoms in total.